The fourth-order valence-corrected chi connectivity index (χ4v) is 3.57. The molecule has 1 N–H and O–H groups in total. The van der Waals surface area contributed by atoms with Gasteiger partial charge in [-0.3, -0.25) is 4.79 Å². The maximum absolute atomic E-state index is 11.3. The SMILES string of the molecule is CCCC1(C)CCCN(C(=NCc2cn(CC(=O)OC)nn2)NCC)C1. The molecule has 0 amide bonds. The molecule has 0 spiro atoms. The van der Waals surface area contributed by atoms with Crippen LogP contribution in [0.15, 0.2) is 11.2 Å². The van der Waals surface area contributed by atoms with Crippen molar-refractivity contribution in [3.05, 3.63) is 11.9 Å². The Morgan fingerprint density at radius 2 is 2.27 bits per heavy atom. The van der Waals surface area contributed by atoms with E-state index in [0.29, 0.717) is 12.0 Å². The van der Waals surface area contributed by atoms with Crippen LogP contribution in [-0.4, -0.2) is 58.6 Å². The molecule has 1 aliphatic heterocycles. The van der Waals surface area contributed by atoms with Crippen LogP contribution in [0.25, 0.3) is 0 Å². The van der Waals surface area contributed by atoms with Gasteiger partial charge < -0.3 is 15.0 Å². The number of aromatic nitrogens is 3. The molecule has 2 heterocycles. The monoisotopic (exact) mass is 364 g/mol. The third kappa shape index (κ3) is 5.71. The number of hydrogen-bond donors (Lipinski definition) is 1. The summed E-state index contributed by atoms with van der Waals surface area (Å²) >= 11 is 0. The lowest BCUT2D eigenvalue weighted by atomic mass is 9.78. The summed E-state index contributed by atoms with van der Waals surface area (Å²) in [6, 6.07) is 0. The van der Waals surface area contributed by atoms with E-state index in [0.717, 1.165) is 31.3 Å². The highest BCUT2D eigenvalue weighted by Crippen LogP contribution is 2.33. The molecule has 26 heavy (non-hydrogen) atoms. The molecule has 0 aromatic carbocycles. The van der Waals surface area contributed by atoms with Crippen molar-refractivity contribution in [2.24, 2.45) is 10.4 Å². The molecule has 1 aromatic heterocycles. The van der Waals surface area contributed by atoms with Crippen LogP contribution in [0.2, 0.25) is 0 Å². The minimum absolute atomic E-state index is 0.0643. The quantitative estimate of drug-likeness (QED) is 0.451. The van der Waals surface area contributed by atoms with Gasteiger partial charge in [-0.25, -0.2) is 9.67 Å². The topological polar surface area (TPSA) is 84.6 Å². The smallest absolute Gasteiger partial charge is 0.327 e. The van der Waals surface area contributed by atoms with Crippen LogP contribution >= 0.6 is 0 Å². The highest BCUT2D eigenvalue weighted by atomic mass is 16.5. The van der Waals surface area contributed by atoms with E-state index in [1.54, 1.807) is 6.20 Å². The number of ether oxygens (including phenoxy) is 1. The summed E-state index contributed by atoms with van der Waals surface area (Å²) in [5.41, 5.74) is 1.09. The number of esters is 1. The standard InChI is InChI=1S/C18H32N6O2/c1-5-8-18(3)9-7-10-23(14-18)17(19-6-2)20-11-15-12-24(22-21-15)13-16(25)26-4/h12H,5-11,13-14H2,1-4H3,(H,19,20). The van der Waals surface area contributed by atoms with Crippen LogP contribution in [0.3, 0.4) is 0 Å². The molecule has 1 aliphatic rings. The van der Waals surface area contributed by atoms with Crippen LogP contribution in [0.5, 0.6) is 0 Å². The van der Waals surface area contributed by atoms with Crippen molar-refractivity contribution in [1.82, 2.24) is 25.2 Å². The third-order valence-corrected chi connectivity index (χ3v) is 4.76. The Balaban J connectivity index is 2.03. The van der Waals surface area contributed by atoms with Gasteiger partial charge in [0.05, 0.1) is 19.9 Å². The number of carbonyl (C=O) groups is 1. The predicted molar refractivity (Wildman–Crippen MR) is 101 cm³/mol. The number of carbonyl (C=O) groups excluding carboxylic acids is 1. The summed E-state index contributed by atoms with van der Waals surface area (Å²) in [5.74, 6) is 0.582. The molecular weight excluding hydrogens is 332 g/mol. The first-order valence-electron chi connectivity index (χ1n) is 9.48. The van der Waals surface area contributed by atoms with Crippen LogP contribution < -0.4 is 5.32 Å². The highest BCUT2D eigenvalue weighted by Gasteiger charge is 2.31. The van der Waals surface area contributed by atoms with E-state index in [9.17, 15) is 4.79 Å². The van der Waals surface area contributed by atoms with Crippen molar-refractivity contribution in [2.45, 2.75) is 59.5 Å². The van der Waals surface area contributed by atoms with Gasteiger partial charge in [0, 0.05) is 19.6 Å². The lowest BCUT2D eigenvalue weighted by molar-refractivity contribution is -0.141. The Kier molecular flexibility index (Phi) is 7.41. The van der Waals surface area contributed by atoms with E-state index in [2.05, 4.69) is 46.0 Å². The molecule has 1 atom stereocenters. The number of likely N-dealkylation sites (tertiary alicyclic amines) is 1. The van der Waals surface area contributed by atoms with Gasteiger partial charge in [-0.05, 0) is 31.6 Å². The number of piperidine rings is 1. The Morgan fingerprint density at radius 3 is 2.96 bits per heavy atom. The number of methoxy groups -OCH3 is 1. The molecule has 2 rings (SSSR count). The van der Waals surface area contributed by atoms with Crippen molar-refractivity contribution >= 4 is 11.9 Å². The van der Waals surface area contributed by atoms with Gasteiger partial charge in [0.1, 0.15) is 12.2 Å². The number of guanidine groups is 1. The Bertz CT molecular complexity index is 611. The van der Waals surface area contributed by atoms with Gasteiger partial charge in [0.25, 0.3) is 0 Å². The van der Waals surface area contributed by atoms with Gasteiger partial charge in [0.15, 0.2) is 5.96 Å². The van der Waals surface area contributed by atoms with Crippen molar-refractivity contribution in [3.8, 4) is 0 Å². The fraction of sp³-hybridized carbons (Fsp3) is 0.778. The third-order valence-electron chi connectivity index (χ3n) is 4.76. The van der Waals surface area contributed by atoms with Crippen LogP contribution in [0.1, 0.15) is 52.1 Å². The maximum atomic E-state index is 11.3. The zero-order valence-corrected chi connectivity index (χ0v) is 16.5. The van der Waals surface area contributed by atoms with Gasteiger partial charge in [0.2, 0.25) is 0 Å². The summed E-state index contributed by atoms with van der Waals surface area (Å²) in [6.45, 7) is 10.1. The van der Waals surface area contributed by atoms with E-state index >= 15 is 0 Å². The molecule has 146 valence electrons. The Labute approximate surface area is 156 Å². The van der Waals surface area contributed by atoms with Gasteiger partial charge in [-0.1, -0.05) is 25.5 Å². The second-order valence-corrected chi connectivity index (χ2v) is 7.24. The van der Waals surface area contributed by atoms with Gasteiger partial charge in [-0.2, -0.15) is 0 Å². The Hall–Kier alpha value is -2.12. The largest absolute Gasteiger partial charge is 0.468 e. The van der Waals surface area contributed by atoms with E-state index in [4.69, 9.17) is 4.99 Å². The highest BCUT2D eigenvalue weighted by molar-refractivity contribution is 5.80. The molecule has 1 saturated heterocycles. The van der Waals surface area contributed by atoms with Gasteiger partial charge >= 0.3 is 5.97 Å². The first-order chi connectivity index (χ1) is 12.5. The second-order valence-electron chi connectivity index (χ2n) is 7.24. The van der Waals surface area contributed by atoms with Crippen molar-refractivity contribution in [1.29, 1.82) is 0 Å². The minimum Gasteiger partial charge on any atom is -0.468 e. The Morgan fingerprint density at radius 1 is 1.46 bits per heavy atom. The second kappa shape index (κ2) is 9.54. The number of hydrogen-bond acceptors (Lipinski definition) is 5. The number of nitrogens with one attached hydrogen (secondary N) is 1. The minimum atomic E-state index is -0.346. The van der Waals surface area contributed by atoms with Crippen molar-refractivity contribution in [2.75, 3.05) is 26.7 Å². The van der Waals surface area contributed by atoms with E-state index in [1.807, 2.05) is 0 Å². The van der Waals surface area contributed by atoms with Crippen LogP contribution in [0.4, 0.5) is 0 Å². The summed E-state index contributed by atoms with van der Waals surface area (Å²) in [5, 5.41) is 11.4. The first-order valence-corrected chi connectivity index (χ1v) is 9.48. The van der Waals surface area contributed by atoms with E-state index in [1.165, 1.54) is 37.5 Å². The van der Waals surface area contributed by atoms with Crippen LogP contribution in [0, 0.1) is 5.41 Å². The summed E-state index contributed by atoms with van der Waals surface area (Å²) in [4.78, 5) is 18.4. The molecule has 0 aliphatic carbocycles. The molecule has 1 aromatic rings. The van der Waals surface area contributed by atoms with E-state index < -0.39 is 0 Å². The molecule has 0 bridgehead atoms. The molecule has 0 saturated carbocycles. The molecular formula is C18H32N6O2. The number of rotatable bonds is 7. The average Bonchev–Trinajstić information content (AvgIpc) is 3.05. The predicted octanol–water partition coefficient (Wildman–Crippen LogP) is 1.82. The lowest BCUT2D eigenvalue weighted by Crippen LogP contribution is -2.49. The summed E-state index contributed by atoms with van der Waals surface area (Å²) < 4.78 is 6.12. The molecule has 1 fully saturated rings. The molecule has 8 nitrogen and oxygen atoms in total. The van der Waals surface area contributed by atoms with Crippen LogP contribution in [-0.2, 0) is 22.6 Å². The maximum Gasteiger partial charge on any atom is 0.327 e. The zero-order chi connectivity index (χ0) is 19.0. The first kappa shape index (κ1) is 20.2. The van der Waals surface area contributed by atoms with E-state index in [-0.39, 0.29) is 12.5 Å². The zero-order valence-electron chi connectivity index (χ0n) is 16.5. The molecule has 8 heteroatoms. The lowest BCUT2D eigenvalue weighted by Gasteiger charge is -2.42. The molecule has 1 unspecified atom stereocenters. The fourth-order valence-electron chi connectivity index (χ4n) is 3.57. The normalized spacial score (nSPS) is 20.9. The summed E-state index contributed by atoms with van der Waals surface area (Å²) in [7, 11) is 1.36. The number of nitrogens with zero attached hydrogens (tertiary/aromatic N) is 5. The van der Waals surface area contributed by atoms with Crippen molar-refractivity contribution in [3.63, 3.8) is 0 Å². The number of aliphatic imine (C=N–C) groups is 1. The van der Waals surface area contributed by atoms with Gasteiger partial charge in [-0.15, -0.1) is 5.10 Å². The average molecular weight is 364 g/mol. The molecule has 0 radical (unpaired) electrons. The summed E-state index contributed by atoms with van der Waals surface area (Å²) in [6.07, 6.45) is 6.66. The van der Waals surface area contributed by atoms with Crippen molar-refractivity contribution < 1.29 is 9.53 Å².